The lowest BCUT2D eigenvalue weighted by atomic mass is 9.86. The van der Waals surface area contributed by atoms with Crippen molar-refractivity contribution in [1.82, 2.24) is 14.7 Å². The average Bonchev–Trinajstić information content (AvgIpc) is 3.34. The first kappa shape index (κ1) is 29.3. The van der Waals surface area contributed by atoms with Crippen molar-refractivity contribution in [3.8, 4) is 11.4 Å². The van der Waals surface area contributed by atoms with E-state index in [9.17, 15) is 14.7 Å². The number of para-hydroxylation sites is 1. The third-order valence-electron chi connectivity index (χ3n) is 9.22. The molecule has 43 heavy (non-hydrogen) atoms. The number of aliphatic hydroxyl groups is 1. The molecule has 8 nitrogen and oxygen atoms in total. The van der Waals surface area contributed by atoms with Gasteiger partial charge in [0.2, 0.25) is 14.3 Å². The molecule has 1 aromatic heterocycles. The molecule has 0 radical (unpaired) electrons. The van der Waals surface area contributed by atoms with E-state index in [-0.39, 0.29) is 36.5 Å². The van der Waals surface area contributed by atoms with Crippen molar-refractivity contribution in [3.63, 3.8) is 0 Å². The highest BCUT2D eigenvalue weighted by atomic mass is 28.4. The summed E-state index contributed by atoms with van der Waals surface area (Å²) < 4.78 is 30.2. The normalized spacial score (nSPS) is 22.5. The fourth-order valence-electron chi connectivity index (χ4n) is 6.84. The average molecular weight is 604 g/mol. The number of nitrogens with one attached hydrogen (secondary N) is 1. The number of carbonyl (C=O) groups is 1. The van der Waals surface area contributed by atoms with Gasteiger partial charge >= 0.3 is 0 Å². The van der Waals surface area contributed by atoms with Crippen LogP contribution in [0.1, 0.15) is 36.1 Å². The number of amides is 1. The summed E-state index contributed by atoms with van der Waals surface area (Å²) in [7, 11) is -1.83. The first-order chi connectivity index (χ1) is 20.6. The molecule has 6 rings (SSSR count). The van der Waals surface area contributed by atoms with Crippen molar-refractivity contribution in [2.24, 2.45) is 5.92 Å². The maximum Gasteiger partial charge on any atom is 0.279 e. The number of methoxy groups -OCH3 is 1. The van der Waals surface area contributed by atoms with Crippen molar-refractivity contribution in [2.75, 3.05) is 13.7 Å². The Morgan fingerprint density at radius 2 is 1.86 bits per heavy atom. The number of rotatable bonds is 7. The Morgan fingerprint density at radius 1 is 1.14 bits per heavy atom. The zero-order valence-electron chi connectivity index (χ0n) is 24.9. The first-order valence-electron chi connectivity index (χ1n) is 14.8. The summed E-state index contributed by atoms with van der Waals surface area (Å²) in [4.78, 5) is 28.6. The van der Waals surface area contributed by atoms with Gasteiger partial charge in [-0.05, 0) is 61.0 Å². The third-order valence-corrected chi connectivity index (χ3v) is 11.5. The van der Waals surface area contributed by atoms with Crippen LogP contribution in [0.3, 0.4) is 0 Å². The van der Waals surface area contributed by atoms with Gasteiger partial charge in [-0.15, -0.1) is 0 Å². The minimum Gasteiger partial charge on any atom is -0.490 e. The molecule has 0 saturated heterocycles. The van der Waals surface area contributed by atoms with E-state index >= 15 is 4.11 Å². The molecule has 10 heteroatoms. The van der Waals surface area contributed by atoms with E-state index in [2.05, 4.69) is 5.10 Å². The van der Waals surface area contributed by atoms with Crippen molar-refractivity contribution in [2.45, 2.75) is 63.2 Å². The number of ether oxygens (including phenoxy) is 2. The van der Waals surface area contributed by atoms with Crippen LogP contribution in [0.5, 0.6) is 5.75 Å². The monoisotopic (exact) mass is 603 g/mol. The molecule has 0 spiro atoms. The van der Waals surface area contributed by atoms with Gasteiger partial charge in [0.15, 0.2) is 0 Å². The van der Waals surface area contributed by atoms with Crippen LogP contribution in [-0.4, -0.2) is 60.0 Å². The van der Waals surface area contributed by atoms with E-state index < -0.39 is 26.2 Å². The highest BCUT2D eigenvalue weighted by Gasteiger charge is 2.49. The number of H-pyrrole nitrogens is 1. The number of aromatic nitrogens is 2. The van der Waals surface area contributed by atoms with Gasteiger partial charge in [0.05, 0.1) is 35.3 Å². The second kappa shape index (κ2) is 11.4. The lowest BCUT2D eigenvalue weighted by Crippen LogP contribution is -2.50. The smallest absolute Gasteiger partial charge is 0.279 e. The summed E-state index contributed by atoms with van der Waals surface area (Å²) >= 11 is 0. The second-order valence-corrected chi connectivity index (χ2v) is 16.2. The van der Waals surface area contributed by atoms with E-state index in [0.29, 0.717) is 29.8 Å². The van der Waals surface area contributed by atoms with Gasteiger partial charge < -0.3 is 23.6 Å². The van der Waals surface area contributed by atoms with Crippen LogP contribution < -0.4 is 10.3 Å². The second-order valence-electron chi connectivity index (χ2n) is 12.3. The number of fused-ring (bicyclic) bond motifs is 3. The summed E-state index contributed by atoms with van der Waals surface area (Å²) in [6.07, 6.45) is -0.483. The Labute approximate surface area is 251 Å². The number of benzene rings is 3. The van der Waals surface area contributed by atoms with E-state index in [4.69, 9.17) is 9.47 Å². The van der Waals surface area contributed by atoms with Gasteiger partial charge in [-0.3, -0.25) is 14.7 Å². The molecule has 0 saturated carbocycles. The van der Waals surface area contributed by atoms with Gasteiger partial charge in [0, 0.05) is 37.1 Å². The minimum absolute atomic E-state index is 0.0162. The highest BCUT2D eigenvalue weighted by Crippen LogP contribution is 2.48. The molecular formula is C33H38FN3O5Si. The highest BCUT2D eigenvalue weighted by molar-refractivity contribution is 6.72. The fourth-order valence-corrected chi connectivity index (χ4v) is 8.65. The molecule has 0 aliphatic carbocycles. The number of halogens is 1. The molecule has 3 aromatic carbocycles. The van der Waals surface area contributed by atoms with Gasteiger partial charge in [-0.25, -0.2) is 4.68 Å². The Balaban J connectivity index is 1.30. The summed E-state index contributed by atoms with van der Waals surface area (Å²) in [5.74, 6) is 0.0998. The topological polar surface area (TPSA) is 96.8 Å². The van der Waals surface area contributed by atoms with E-state index in [1.807, 2.05) is 55.5 Å². The quantitative estimate of drug-likeness (QED) is 0.221. The van der Waals surface area contributed by atoms with Crippen LogP contribution >= 0.6 is 0 Å². The van der Waals surface area contributed by atoms with Gasteiger partial charge in [0.1, 0.15) is 11.9 Å². The Hall–Kier alpha value is -3.73. The number of nitrogens with zero attached hydrogens (tertiary/aromatic N) is 2. The standard InChI is InChI=1S/C33H38FN3O5Si/c1-20-31(41-2)26-16-23(37-33(40)25-11-7-8-12-27(25)35-37)13-14-28(26)42-32(20)29(43(3,4)34)17-30(39)36-18-22-10-6-5-9-21(22)15-24(36)19-38/h5-14,16,20,24,29,31-32,35,38H,15,17-19H2,1-4H3/t20-,24-,29?,31-,32-/m0/s1. The van der Waals surface area contributed by atoms with Crippen molar-refractivity contribution in [1.29, 1.82) is 0 Å². The van der Waals surface area contributed by atoms with E-state index in [1.54, 1.807) is 43.3 Å². The van der Waals surface area contributed by atoms with Crippen LogP contribution in [0.2, 0.25) is 18.6 Å². The number of hydrogen-bond donors (Lipinski definition) is 2. The summed E-state index contributed by atoms with van der Waals surface area (Å²) in [6.45, 7) is 5.45. The number of aromatic amines is 1. The zero-order chi connectivity index (χ0) is 30.5. The summed E-state index contributed by atoms with van der Waals surface area (Å²) in [6, 6.07) is 20.4. The number of hydrogen-bond acceptors (Lipinski definition) is 5. The summed E-state index contributed by atoms with van der Waals surface area (Å²) in [5, 5.41) is 13.9. The van der Waals surface area contributed by atoms with Crippen LogP contribution in [0.15, 0.2) is 71.5 Å². The van der Waals surface area contributed by atoms with Crippen molar-refractivity contribution in [3.05, 3.63) is 93.8 Å². The van der Waals surface area contributed by atoms with Crippen LogP contribution in [0.4, 0.5) is 4.11 Å². The summed E-state index contributed by atoms with van der Waals surface area (Å²) in [5.41, 5.74) is 3.52. The molecule has 2 aliphatic rings. The molecule has 3 heterocycles. The fraction of sp³-hybridized carbons (Fsp3) is 0.394. The largest absolute Gasteiger partial charge is 0.490 e. The predicted molar refractivity (Wildman–Crippen MR) is 166 cm³/mol. The van der Waals surface area contributed by atoms with E-state index in [1.165, 1.54) is 4.68 Å². The molecule has 1 unspecified atom stereocenters. The lowest BCUT2D eigenvalue weighted by Gasteiger charge is -2.44. The lowest BCUT2D eigenvalue weighted by molar-refractivity contribution is -0.136. The van der Waals surface area contributed by atoms with Gasteiger partial charge in [-0.2, -0.15) is 0 Å². The molecule has 226 valence electrons. The Kier molecular flexibility index (Phi) is 7.78. The molecule has 4 aromatic rings. The molecule has 1 amide bonds. The van der Waals surface area contributed by atoms with Crippen molar-refractivity contribution >= 4 is 25.2 Å². The molecule has 2 aliphatic heterocycles. The molecule has 5 atom stereocenters. The predicted octanol–water partition coefficient (Wildman–Crippen LogP) is 5.28. The van der Waals surface area contributed by atoms with Crippen LogP contribution in [-0.2, 0) is 22.5 Å². The van der Waals surface area contributed by atoms with Crippen LogP contribution in [0, 0.1) is 5.92 Å². The van der Waals surface area contributed by atoms with Crippen molar-refractivity contribution < 1.29 is 23.5 Å². The van der Waals surface area contributed by atoms with Crippen LogP contribution in [0.25, 0.3) is 16.6 Å². The molecular weight excluding hydrogens is 565 g/mol. The Bertz CT molecular complexity index is 1710. The molecule has 2 N–H and O–H groups in total. The maximum absolute atomic E-state index is 16.2. The minimum atomic E-state index is -3.44. The van der Waals surface area contributed by atoms with E-state index in [0.717, 1.165) is 22.2 Å². The maximum atomic E-state index is 16.2. The number of aliphatic hydroxyl groups excluding tert-OH is 1. The molecule has 0 fully saturated rings. The third kappa shape index (κ3) is 5.32. The SMILES string of the molecule is CO[C@@H]1c2cc(-n3[nH]c4ccccc4c3=O)ccc2O[C@H](C(CC(=O)N2Cc3ccccc3C[C@H]2CO)[Si](C)(C)F)[C@H]1C. The number of carbonyl (C=O) groups excluding carboxylic acids is 1. The zero-order valence-corrected chi connectivity index (χ0v) is 25.9. The van der Waals surface area contributed by atoms with Gasteiger partial charge in [-0.1, -0.05) is 43.3 Å². The molecule has 0 bridgehead atoms. The first-order valence-corrected chi connectivity index (χ1v) is 17.8. The Morgan fingerprint density at radius 3 is 2.56 bits per heavy atom. The van der Waals surface area contributed by atoms with Gasteiger partial charge in [0.25, 0.3) is 5.56 Å².